The largest absolute Gasteiger partial charge is 0.467 e. The van der Waals surface area contributed by atoms with Gasteiger partial charge < -0.3 is 19.1 Å². The molecule has 2 aliphatic rings. The molecule has 0 saturated carbocycles. The van der Waals surface area contributed by atoms with E-state index in [-0.39, 0.29) is 13.0 Å². The number of ether oxygens (including phenoxy) is 3. The number of esters is 1. The quantitative estimate of drug-likeness (QED) is 0.540. The fourth-order valence-electron chi connectivity index (χ4n) is 3.97. The summed E-state index contributed by atoms with van der Waals surface area (Å²) in [6, 6.07) is 5.10. The second kappa shape index (κ2) is 8.99. The minimum atomic E-state index is -0.852. The molecule has 0 aliphatic carbocycles. The summed E-state index contributed by atoms with van der Waals surface area (Å²) in [7, 11) is 1.26. The van der Waals surface area contributed by atoms with Gasteiger partial charge in [0.05, 0.1) is 13.7 Å². The van der Waals surface area contributed by atoms with Gasteiger partial charge in [0.15, 0.2) is 0 Å². The summed E-state index contributed by atoms with van der Waals surface area (Å²) >= 11 is 0. The van der Waals surface area contributed by atoms with E-state index in [2.05, 4.69) is 6.58 Å². The molecule has 1 fully saturated rings. The Kier molecular flexibility index (Phi) is 6.57. The van der Waals surface area contributed by atoms with Crippen molar-refractivity contribution >= 4 is 24.2 Å². The summed E-state index contributed by atoms with van der Waals surface area (Å²) in [5.41, 5.74) is 2.63. The second-order valence-electron chi connectivity index (χ2n) is 8.77. The molecule has 0 radical (unpaired) electrons. The Hall–Kier alpha value is -3.03. The van der Waals surface area contributed by atoms with Crippen LogP contribution in [0.2, 0.25) is 0 Å². The van der Waals surface area contributed by atoms with E-state index in [1.165, 1.54) is 17.6 Å². The normalized spacial score (nSPS) is 20.6. The minimum absolute atomic E-state index is 0.0749. The average Bonchev–Trinajstić information content (AvgIpc) is 3.15. The number of carbonyl (C=O) groups is 3. The van der Waals surface area contributed by atoms with Crippen molar-refractivity contribution in [2.45, 2.75) is 57.9 Å². The fourth-order valence-corrected chi connectivity index (χ4v) is 3.97. The lowest BCUT2D eigenvalue weighted by Crippen LogP contribution is -2.44. The smallest absolute Gasteiger partial charge is 0.411 e. The van der Waals surface area contributed by atoms with Crippen LogP contribution in [0.1, 0.15) is 43.9 Å². The zero-order valence-corrected chi connectivity index (χ0v) is 18.6. The van der Waals surface area contributed by atoms with Crippen LogP contribution in [0.3, 0.4) is 0 Å². The van der Waals surface area contributed by atoms with Crippen molar-refractivity contribution in [2.75, 3.05) is 20.2 Å². The van der Waals surface area contributed by atoms with Crippen LogP contribution in [-0.4, -0.2) is 65.9 Å². The van der Waals surface area contributed by atoms with Gasteiger partial charge in [0.2, 0.25) is 0 Å². The molecule has 2 heterocycles. The van der Waals surface area contributed by atoms with Crippen LogP contribution in [0.25, 0.3) is 6.08 Å². The number of fused-ring (bicyclic) bond motifs is 1. The number of nitrogens with zero attached hydrogens (tertiary/aromatic N) is 2. The van der Waals surface area contributed by atoms with Gasteiger partial charge in [-0.1, -0.05) is 30.9 Å². The van der Waals surface area contributed by atoms with Crippen LogP contribution in [-0.2, 0) is 32.0 Å². The standard InChI is InChI=1S/C23H30N2O6/c1-6-15-8-7-9-16-13-24(11-10-18(15)16)21(27)30-17-12-19(20(26)29-5)25(14-17)22(28)31-23(2,3)4/h6-9,17,19H,1,10-14H2,2-5H3/t17-,19+/m1/s1. The van der Waals surface area contributed by atoms with Crippen molar-refractivity contribution in [1.82, 2.24) is 9.80 Å². The molecule has 0 spiro atoms. The van der Waals surface area contributed by atoms with Gasteiger partial charge in [-0.15, -0.1) is 0 Å². The molecule has 0 aromatic heterocycles. The lowest BCUT2D eigenvalue weighted by atomic mass is 9.95. The van der Waals surface area contributed by atoms with E-state index < -0.39 is 35.9 Å². The van der Waals surface area contributed by atoms with Crippen molar-refractivity contribution in [2.24, 2.45) is 0 Å². The summed E-state index contributed by atoms with van der Waals surface area (Å²) in [6.07, 6.45) is 0.989. The van der Waals surface area contributed by atoms with E-state index in [0.29, 0.717) is 19.5 Å². The van der Waals surface area contributed by atoms with Crippen LogP contribution in [0.5, 0.6) is 0 Å². The molecule has 1 aromatic rings. The van der Waals surface area contributed by atoms with E-state index in [1.807, 2.05) is 24.3 Å². The molecule has 2 atom stereocenters. The van der Waals surface area contributed by atoms with Crippen molar-refractivity contribution in [3.8, 4) is 0 Å². The molecular formula is C23H30N2O6. The summed E-state index contributed by atoms with van der Waals surface area (Å²) in [5.74, 6) is -0.562. The molecule has 8 heteroatoms. The molecule has 168 valence electrons. The molecule has 1 aromatic carbocycles. The number of hydrogen-bond acceptors (Lipinski definition) is 6. The van der Waals surface area contributed by atoms with E-state index in [1.54, 1.807) is 25.7 Å². The molecule has 8 nitrogen and oxygen atoms in total. The number of hydrogen-bond donors (Lipinski definition) is 0. The molecule has 31 heavy (non-hydrogen) atoms. The van der Waals surface area contributed by atoms with Crippen molar-refractivity contribution in [1.29, 1.82) is 0 Å². The summed E-state index contributed by atoms with van der Waals surface area (Å²) in [6.45, 7) is 10.1. The zero-order chi connectivity index (χ0) is 22.8. The van der Waals surface area contributed by atoms with Gasteiger partial charge in [-0.05, 0) is 43.9 Å². The first-order valence-corrected chi connectivity index (χ1v) is 10.4. The third-order valence-electron chi connectivity index (χ3n) is 5.41. The summed E-state index contributed by atoms with van der Waals surface area (Å²) in [5, 5.41) is 0. The molecule has 0 bridgehead atoms. The molecular weight excluding hydrogens is 400 g/mol. The van der Waals surface area contributed by atoms with Gasteiger partial charge in [0.1, 0.15) is 17.7 Å². The van der Waals surface area contributed by atoms with Crippen LogP contribution >= 0.6 is 0 Å². The summed E-state index contributed by atoms with van der Waals surface area (Å²) < 4.78 is 15.9. The molecule has 2 aliphatic heterocycles. The highest BCUT2D eigenvalue weighted by Crippen LogP contribution is 2.27. The Morgan fingerprint density at radius 1 is 1.19 bits per heavy atom. The first kappa shape index (κ1) is 22.7. The highest BCUT2D eigenvalue weighted by Gasteiger charge is 2.44. The van der Waals surface area contributed by atoms with Crippen molar-refractivity contribution < 1.29 is 28.6 Å². The van der Waals surface area contributed by atoms with E-state index in [9.17, 15) is 14.4 Å². The van der Waals surface area contributed by atoms with Crippen LogP contribution in [0, 0.1) is 0 Å². The van der Waals surface area contributed by atoms with E-state index in [0.717, 1.165) is 11.1 Å². The predicted molar refractivity (Wildman–Crippen MR) is 114 cm³/mol. The Morgan fingerprint density at radius 2 is 1.94 bits per heavy atom. The van der Waals surface area contributed by atoms with Crippen molar-refractivity contribution in [3.05, 3.63) is 41.5 Å². The van der Waals surface area contributed by atoms with Gasteiger partial charge in [-0.3, -0.25) is 4.90 Å². The summed E-state index contributed by atoms with van der Waals surface area (Å²) in [4.78, 5) is 40.5. The number of methoxy groups -OCH3 is 1. The lowest BCUT2D eigenvalue weighted by molar-refractivity contribution is -0.145. The third kappa shape index (κ3) is 5.18. The SMILES string of the molecule is C=Cc1cccc2c1CCN(C(=O)O[C@@H]1C[C@@H](C(=O)OC)N(C(=O)OC(C)(C)C)C1)C2. The number of benzene rings is 1. The highest BCUT2D eigenvalue weighted by atomic mass is 16.6. The Bertz CT molecular complexity index is 875. The number of amides is 2. The minimum Gasteiger partial charge on any atom is -0.467 e. The molecule has 2 amide bonds. The molecule has 3 rings (SSSR count). The van der Waals surface area contributed by atoms with Gasteiger partial charge in [-0.2, -0.15) is 0 Å². The van der Waals surface area contributed by atoms with Crippen LogP contribution in [0.4, 0.5) is 9.59 Å². The lowest BCUT2D eigenvalue weighted by Gasteiger charge is -2.30. The third-order valence-corrected chi connectivity index (χ3v) is 5.41. The van der Waals surface area contributed by atoms with Gasteiger partial charge in [0, 0.05) is 19.5 Å². The van der Waals surface area contributed by atoms with Gasteiger partial charge in [0.25, 0.3) is 0 Å². The molecule has 0 N–H and O–H groups in total. The van der Waals surface area contributed by atoms with Crippen LogP contribution in [0.15, 0.2) is 24.8 Å². The molecule has 0 unspecified atom stereocenters. The fraction of sp³-hybridized carbons (Fsp3) is 0.522. The zero-order valence-electron chi connectivity index (χ0n) is 18.6. The van der Waals surface area contributed by atoms with Gasteiger partial charge >= 0.3 is 18.2 Å². The monoisotopic (exact) mass is 430 g/mol. The first-order chi connectivity index (χ1) is 14.6. The van der Waals surface area contributed by atoms with Crippen LogP contribution < -0.4 is 0 Å². The second-order valence-corrected chi connectivity index (χ2v) is 8.77. The predicted octanol–water partition coefficient (Wildman–Crippen LogP) is 3.38. The Balaban J connectivity index is 1.66. The average molecular weight is 431 g/mol. The number of likely N-dealkylation sites (tertiary alicyclic amines) is 1. The first-order valence-electron chi connectivity index (χ1n) is 10.4. The Labute approximate surface area is 182 Å². The van der Waals surface area contributed by atoms with E-state index >= 15 is 0 Å². The van der Waals surface area contributed by atoms with E-state index in [4.69, 9.17) is 14.2 Å². The maximum atomic E-state index is 12.8. The number of rotatable bonds is 3. The van der Waals surface area contributed by atoms with Gasteiger partial charge in [-0.25, -0.2) is 14.4 Å². The Morgan fingerprint density at radius 3 is 2.58 bits per heavy atom. The topological polar surface area (TPSA) is 85.4 Å². The maximum absolute atomic E-state index is 12.8. The van der Waals surface area contributed by atoms with Crippen molar-refractivity contribution in [3.63, 3.8) is 0 Å². The number of carbonyl (C=O) groups excluding carboxylic acids is 3. The maximum Gasteiger partial charge on any atom is 0.411 e. The highest BCUT2D eigenvalue weighted by molar-refractivity contribution is 5.82. The molecule has 1 saturated heterocycles.